The first-order chi connectivity index (χ1) is 15.2. The molecule has 2 aromatic carbocycles. The Kier molecular flexibility index (Phi) is 7.08. The van der Waals surface area contributed by atoms with Crippen molar-refractivity contribution >= 4 is 16.8 Å². The maximum Gasteiger partial charge on any atom is 0.221 e. The van der Waals surface area contributed by atoms with Crippen LogP contribution in [-0.4, -0.2) is 36.7 Å². The number of amides is 1. The number of fused-ring (bicyclic) bond motifs is 1. The van der Waals surface area contributed by atoms with Gasteiger partial charge in [-0.2, -0.15) is 0 Å². The van der Waals surface area contributed by atoms with E-state index in [1.165, 1.54) is 53.5 Å². The number of rotatable bonds is 9. The number of aryl methyl sites for hydroxylation is 2. The highest BCUT2D eigenvalue weighted by Crippen LogP contribution is 2.36. The number of nitrogens with zero attached hydrogens (tertiary/aromatic N) is 1. The minimum atomic E-state index is 0.0581. The minimum Gasteiger partial charge on any atom is -0.350 e. The van der Waals surface area contributed by atoms with Gasteiger partial charge in [0.05, 0.1) is 31.7 Å². The van der Waals surface area contributed by atoms with Crippen LogP contribution in [0.2, 0.25) is 0 Å². The predicted molar refractivity (Wildman–Crippen MR) is 128 cm³/mol. The molecule has 4 nitrogen and oxygen atoms in total. The third-order valence-electron chi connectivity index (χ3n) is 6.81. The fourth-order valence-electron chi connectivity index (χ4n) is 5.13. The van der Waals surface area contributed by atoms with Crippen molar-refractivity contribution in [2.45, 2.75) is 52.0 Å². The van der Waals surface area contributed by atoms with Gasteiger partial charge in [-0.15, -0.1) is 0 Å². The van der Waals surface area contributed by atoms with Gasteiger partial charge in [0.1, 0.15) is 0 Å². The topological polar surface area (TPSA) is 38.5 Å². The van der Waals surface area contributed by atoms with E-state index in [-0.39, 0.29) is 11.8 Å². The number of hydrogen-bond donors (Lipinski definition) is 2. The standard InChI is InChI=1S/C27H35N3O/c1-3-21-13-10-14-23-25(20-30(4-2)27(21)23)24(22-11-6-5-7-12-22)19-26(31)28-15-18-29-16-8-9-17-29/h5-7,10-14,20,24H,3-4,8-9,15-19H2,1-2H3,(H,28,31)/p+1/t24-/m0/s1. The Morgan fingerprint density at radius 1 is 1.06 bits per heavy atom. The number of benzene rings is 2. The number of aromatic nitrogens is 1. The Hall–Kier alpha value is -2.59. The number of nitrogens with one attached hydrogen (secondary N) is 2. The number of quaternary nitrogens is 1. The van der Waals surface area contributed by atoms with Gasteiger partial charge in [-0.05, 0) is 30.0 Å². The molecule has 0 aliphatic carbocycles. The Labute approximate surface area is 186 Å². The number of likely N-dealkylation sites (tertiary alicyclic amines) is 1. The molecule has 4 rings (SSSR count). The monoisotopic (exact) mass is 418 g/mol. The normalized spacial score (nSPS) is 15.4. The fourth-order valence-corrected chi connectivity index (χ4v) is 5.13. The molecular weight excluding hydrogens is 382 g/mol. The average Bonchev–Trinajstić information content (AvgIpc) is 3.46. The molecule has 2 N–H and O–H groups in total. The third-order valence-corrected chi connectivity index (χ3v) is 6.81. The van der Waals surface area contributed by atoms with Crippen LogP contribution < -0.4 is 10.2 Å². The first-order valence-corrected chi connectivity index (χ1v) is 12.0. The molecule has 4 heteroatoms. The summed E-state index contributed by atoms with van der Waals surface area (Å²) in [5.74, 6) is 0.208. The molecule has 0 unspecified atom stereocenters. The van der Waals surface area contributed by atoms with Crippen LogP contribution in [0.3, 0.4) is 0 Å². The summed E-state index contributed by atoms with van der Waals surface area (Å²) in [5, 5.41) is 4.49. The lowest BCUT2D eigenvalue weighted by Crippen LogP contribution is -3.10. The molecule has 1 saturated heterocycles. The average molecular weight is 419 g/mol. The van der Waals surface area contributed by atoms with Crippen molar-refractivity contribution in [3.63, 3.8) is 0 Å². The lowest BCUT2D eigenvalue weighted by Gasteiger charge is -2.18. The smallest absolute Gasteiger partial charge is 0.221 e. The summed E-state index contributed by atoms with van der Waals surface area (Å²) in [4.78, 5) is 14.6. The van der Waals surface area contributed by atoms with E-state index in [4.69, 9.17) is 0 Å². The van der Waals surface area contributed by atoms with E-state index in [1.54, 1.807) is 4.90 Å². The molecule has 0 saturated carbocycles. The molecule has 1 aliphatic heterocycles. The van der Waals surface area contributed by atoms with Crippen molar-refractivity contribution in [2.24, 2.45) is 0 Å². The first kappa shape index (κ1) is 21.6. The van der Waals surface area contributed by atoms with E-state index in [0.29, 0.717) is 6.42 Å². The number of carbonyl (C=O) groups excluding carboxylic acids is 1. The molecule has 1 atom stereocenters. The summed E-state index contributed by atoms with van der Waals surface area (Å²) in [7, 11) is 0. The maximum atomic E-state index is 13.0. The van der Waals surface area contributed by atoms with Crippen LogP contribution in [0.4, 0.5) is 0 Å². The highest BCUT2D eigenvalue weighted by Gasteiger charge is 2.23. The Morgan fingerprint density at radius 2 is 1.84 bits per heavy atom. The molecule has 1 fully saturated rings. The molecule has 3 aromatic rings. The third kappa shape index (κ3) is 4.85. The van der Waals surface area contributed by atoms with Gasteiger partial charge in [0.25, 0.3) is 0 Å². The summed E-state index contributed by atoms with van der Waals surface area (Å²) in [6.45, 7) is 9.65. The SMILES string of the molecule is CCc1cccc2c([C@@H](CC(=O)NCC[NH+]3CCCC3)c3ccccc3)cn(CC)c12. The molecule has 0 radical (unpaired) electrons. The van der Waals surface area contributed by atoms with Gasteiger partial charge >= 0.3 is 0 Å². The summed E-state index contributed by atoms with van der Waals surface area (Å²) < 4.78 is 2.36. The molecule has 31 heavy (non-hydrogen) atoms. The molecule has 0 bridgehead atoms. The predicted octanol–water partition coefficient (Wildman–Crippen LogP) is 3.54. The summed E-state index contributed by atoms with van der Waals surface area (Å²) in [6.07, 6.45) is 6.42. The quantitative estimate of drug-likeness (QED) is 0.548. The zero-order chi connectivity index (χ0) is 21.6. The van der Waals surface area contributed by atoms with Crippen molar-refractivity contribution in [1.82, 2.24) is 9.88 Å². The highest BCUT2D eigenvalue weighted by molar-refractivity contribution is 5.89. The Balaban J connectivity index is 1.61. The number of para-hydroxylation sites is 1. The van der Waals surface area contributed by atoms with Gasteiger partial charge in [0, 0.05) is 43.3 Å². The largest absolute Gasteiger partial charge is 0.350 e. The maximum absolute atomic E-state index is 13.0. The molecule has 1 aliphatic rings. The van der Waals surface area contributed by atoms with Crippen LogP contribution in [0.5, 0.6) is 0 Å². The second-order valence-corrected chi connectivity index (χ2v) is 8.76. The summed E-state index contributed by atoms with van der Waals surface area (Å²) in [5.41, 5.74) is 5.16. The second-order valence-electron chi connectivity index (χ2n) is 8.76. The van der Waals surface area contributed by atoms with Crippen molar-refractivity contribution in [1.29, 1.82) is 0 Å². The Morgan fingerprint density at radius 3 is 2.55 bits per heavy atom. The van der Waals surface area contributed by atoms with E-state index in [0.717, 1.165) is 26.1 Å². The van der Waals surface area contributed by atoms with E-state index < -0.39 is 0 Å². The van der Waals surface area contributed by atoms with Gasteiger partial charge in [-0.1, -0.05) is 55.5 Å². The molecule has 164 valence electrons. The van der Waals surface area contributed by atoms with Crippen LogP contribution in [-0.2, 0) is 17.8 Å². The van der Waals surface area contributed by atoms with Gasteiger partial charge in [-0.25, -0.2) is 0 Å². The van der Waals surface area contributed by atoms with Crippen molar-refractivity contribution in [3.05, 3.63) is 71.4 Å². The number of carbonyl (C=O) groups is 1. The zero-order valence-electron chi connectivity index (χ0n) is 19.0. The lowest BCUT2D eigenvalue weighted by atomic mass is 9.87. The van der Waals surface area contributed by atoms with Crippen LogP contribution >= 0.6 is 0 Å². The van der Waals surface area contributed by atoms with Gasteiger partial charge in [-0.3, -0.25) is 4.79 Å². The lowest BCUT2D eigenvalue weighted by molar-refractivity contribution is -0.886. The fraction of sp³-hybridized carbons (Fsp3) is 0.444. The second kappa shape index (κ2) is 10.1. The van der Waals surface area contributed by atoms with E-state index in [1.807, 2.05) is 6.07 Å². The van der Waals surface area contributed by atoms with Crippen molar-refractivity contribution in [3.8, 4) is 0 Å². The van der Waals surface area contributed by atoms with Crippen molar-refractivity contribution < 1.29 is 9.69 Å². The zero-order valence-corrected chi connectivity index (χ0v) is 19.0. The van der Waals surface area contributed by atoms with Gasteiger partial charge < -0.3 is 14.8 Å². The van der Waals surface area contributed by atoms with Crippen LogP contribution in [0.1, 0.15) is 55.7 Å². The molecule has 1 aromatic heterocycles. The molecule has 2 heterocycles. The van der Waals surface area contributed by atoms with Crippen LogP contribution in [0, 0.1) is 0 Å². The summed E-state index contributed by atoms with van der Waals surface area (Å²) >= 11 is 0. The van der Waals surface area contributed by atoms with E-state index in [9.17, 15) is 4.79 Å². The molecular formula is C27H36N3O+. The first-order valence-electron chi connectivity index (χ1n) is 12.0. The molecule has 0 spiro atoms. The molecule has 1 amide bonds. The summed E-state index contributed by atoms with van der Waals surface area (Å²) in [6, 6.07) is 17.1. The number of hydrogen-bond acceptors (Lipinski definition) is 1. The van der Waals surface area contributed by atoms with E-state index >= 15 is 0 Å². The highest BCUT2D eigenvalue weighted by atomic mass is 16.1. The van der Waals surface area contributed by atoms with Crippen LogP contribution in [0.25, 0.3) is 10.9 Å². The van der Waals surface area contributed by atoms with Crippen LogP contribution in [0.15, 0.2) is 54.7 Å². The van der Waals surface area contributed by atoms with Gasteiger partial charge in [0.15, 0.2) is 0 Å². The Bertz CT molecular complexity index is 1000. The van der Waals surface area contributed by atoms with E-state index in [2.05, 4.69) is 72.4 Å². The van der Waals surface area contributed by atoms with Crippen molar-refractivity contribution in [2.75, 3.05) is 26.2 Å². The minimum absolute atomic E-state index is 0.0581. The van der Waals surface area contributed by atoms with Gasteiger partial charge in [0.2, 0.25) is 5.91 Å².